The highest BCUT2D eigenvalue weighted by molar-refractivity contribution is 6.31. The van der Waals surface area contributed by atoms with E-state index in [1.807, 2.05) is 12.1 Å². The average molecular weight is 798 g/mol. The van der Waals surface area contributed by atoms with Crippen molar-refractivity contribution in [3.05, 3.63) is 70.2 Å². The Morgan fingerprint density at radius 1 is 0.930 bits per heavy atom. The molecule has 1 aromatic heterocycles. The summed E-state index contributed by atoms with van der Waals surface area (Å²) >= 11 is 6.09. The van der Waals surface area contributed by atoms with Gasteiger partial charge in [-0.3, -0.25) is 39.1 Å². The van der Waals surface area contributed by atoms with Gasteiger partial charge in [0.15, 0.2) is 17.3 Å². The Hall–Kier alpha value is -5.66. The first-order valence-electron chi connectivity index (χ1n) is 19.3. The number of piperidine rings is 2. The number of piperazine rings is 1. The van der Waals surface area contributed by atoms with Crippen LogP contribution in [0.5, 0.6) is 5.75 Å². The van der Waals surface area contributed by atoms with Crippen molar-refractivity contribution in [3.63, 3.8) is 0 Å². The zero-order valence-electron chi connectivity index (χ0n) is 31.1. The fraction of sp³-hybridized carbons (Fsp3) is 0.450. The molecule has 1 unspecified atom stereocenters. The number of imide groups is 2. The molecular formula is C40H41ClFN9O6. The number of nitrogens with one attached hydrogen (secondary N) is 2. The summed E-state index contributed by atoms with van der Waals surface area (Å²) < 4.78 is 21.6. The molecule has 296 valence electrons. The first kappa shape index (κ1) is 38.2. The standard InChI is InChI=1S/C40H41ClFN9O6/c41-31-20-27(3-1-25(31)22-43)57-28-9-12-40(42,21-28)39(56)44-33-6-7-34(47-46-33)50-13-10-24(11-14-50)23-48-15-17-49(18-16-48)26-2-4-29-30(19-26)38(55)51(37(29)54)32-5-8-35(52)45-36(32)53/h1-4,6-7,19-20,24,28,32H,5,8-18,21,23H2,(H,44,46,56)(H,45,52,53)/t28-,32?,40+/m0/s1. The maximum absolute atomic E-state index is 15.7. The summed E-state index contributed by atoms with van der Waals surface area (Å²) in [6.45, 7) is 5.82. The molecule has 15 nitrogen and oxygen atoms in total. The maximum Gasteiger partial charge on any atom is 0.263 e. The predicted molar refractivity (Wildman–Crippen MR) is 206 cm³/mol. The monoisotopic (exact) mass is 797 g/mol. The van der Waals surface area contributed by atoms with E-state index in [1.54, 1.807) is 30.3 Å². The normalized spacial score (nSPS) is 24.3. The molecule has 0 radical (unpaired) electrons. The van der Waals surface area contributed by atoms with Crippen LogP contribution in [0, 0.1) is 17.2 Å². The number of ether oxygens (including phenoxy) is 1. The summed E-state index contributed by atoms with van der Waals surface area (Å²) in [4.78, 5) is 71.2. The molecule has 57 heavy (non-hydrogen) atoms. The first-order chi connectivity index (χ1) is 27.5. The number of nitrogens with zero attached hydrogens (tertiary/aromatic N) is 7. The van der Waals surface area contributed by atoms with Crippen molar-refractivity contribution in [2.45, 2.75) is 62.8 Å². The Morgan fingerprint density at radius 3 is 2.40 bits per heavy atom. The van der Waals surface area contributed by atoms with Crippen molar-refractivity contribution >= 4 is 58.5 Å². The zero-order chi connectivity index (χ0) is 39.8. The molecular weight excluding hydrogens is 757 g/mol. The lowest BCUT2D eigenvalue weighted by Crippen LogP contribution is -2.54. The molecule has 5 heterocycles. The van der Waals surface area contributed by atoms with E-state index in [0.717, 1.165) is 69.2 Å². The molecule has 1 saturated carbocycles. The van der Waals surface area contributed by atoms with Gasteiger partial charge in [0.1, 0.15) is 24.0 Å². The average Bonchev–Trinajstić information content (AvgIpc) is 3.71. The number of benzene rings is 2. The van der Waals surface area contributed by atoms with Gasteiger partial charge in [-0.1, -0.05) is 11.6 Å². The number of carbonyl (C=O) groups excluding carboxylic acids is 5. The fourth-order valence-electron chi connectivity index (χ4n) is 8.46. The lowest BCUT2D eigenvalue weighted by molar-refractivity contribution is -0.136. The van der Waals surface area contributed by atoms with Crippen LogP contribution >= 0.6 is 11.6 Å². The fourth-order valence-corrected chi connectivity index (χ4v) is 8.67. The van der Waals surface area contributed by atoms with Crippen LogP contribution in [0.2, 0.25) is 5.02 Å². The third kappa shape index (κ3) is 7.86. The molecule has 5 amide bonds. The second-order valence-corrected chi connectivity index (χ2v) is 15.7. The van der Waals surface area contributed by atoms with E-state index in [1.165, 1.54) is 12.1 Å². The van der Waals surface area contributed by atoms with Gasteiger partial charge in [0.05, 0.1) is 21.7 Å². The number of alkyl halides is 1. The maximum atomic E-state index is 15.7. The molecule has 0 bridgehead atoms. The molecule has 4 aliphatic heterocycles. The zero-order valence-corrected chi connectivity index (χ0v) is 31.8. The largest absolute Gasteiger partial charge is 0.490 e. The summed E-state index contributed by atoms with van der Waals surface area (Å²) in [5.74, 6) is -1.04. The number of halogens is 2. The lowest BCUT2D eigenvalue weighted by atomic mass is 9.96. The SMILES string of the molecule is N#Cc1ccc(O[C@H]2CC[C@](F)(C(=O)Nc3ccc(N4CCC(CN5CCN(c6ccc7c(c6)C(=O)N(C6CCC(=O)NC6=O)C7=O)CC5)CC4)nn3)C2)cc1Cl. The van der Waals surface area contributed by atoms with E-state index in [9.17, 15) is 24.0 Å². The molecule has 2 N–H and O–H groups in total. The summed E-state index contributed by atoms with van der Waals surface area (Å²) in [6, 6.07) is 14.3. The van der Waals surface area contributed by atoms with Gasteiger partial charge in [0.25, 0.3) is 17.7 Å². The Morgan fingerprint density at radius 2 is 1.70 bits per heavy atom. The van der Waals surface area contributed by atoms with E-state index in [2.05, 4.69) is 35.5 Å². The molecule has 3 aromatic rings. The Bertz CT molecular complexity index is 2150. The highest BCUT2D eigenvalue weighted by Crippen LogP contribution is 2.38. The minimum absolute atomic E-state index is 0.00172. The predicted octanol–water partition coefficient (Wildman–Crippen LogP) is 3.72. The summed E-state index contributed by atoms with van der Waals surface area (Å²) in [7, 11) is 0. The minimum atomic E-state index is -2.12. The molecule has 0 spiro atoms. The van der Waals surface area contributed by atoms with Crippen molar-refractivity contribution in [3.8, 4) is 11.8 Å². The third-order valence-corrected chi connectivity index (χ3v) is 12.0. The quantitative estimate of drug-likeness (QED) is 0.300. The van der Waals surface area contributed by atoms with Gasteiger partial charge >= 0.3 is 0 Å². The van der Waals surface area contributed by atoms with Crippen molar-refractivity contribution in [1.29, 1.82) is 5.26 Å². The van der Waals surface area contributed by atoms with Gasteiger partial charge in [-0.05, 0) is 80.5 Å². The van der Waals surface area contributed by atoms with Gasteiger partial charge in [-0.15, -0.1) is 10.2 Å². The van der Waals surface area contributed by atoms with Crippen molar-refractivity contribution in [1.82, 2.24) is 25.3 Å². The molecule has 2 aromatic carbocycles. The summed E-state index contributed by atoms with van der Waals surface area (Å²) in [6.07, 6.45) is 1.85. The smallest absolute Gasteiger partial charge is 0.263 e. The molecule has 3 atom stereocenters. The molecule has 17 heteroatoms. The van der Waals surface area contributed by atoms with E-state index in [0.29, 0.717) is 29.5 Å². The summed E-state index contributed by atoms with van der Waals surface area (Å²) in [5, 5.41) is 22.6. The minimum Gasteiger partial charge on any atom is -0.490 e. The molecule has 1 aliphatic carbocycles. The van der Waals surface area contributed by atoms with Gasteiger partial charge in [0, 0.05) is 70.4 Å². The van der Waals surface area contributed by atoms with E-state index in [4.69, 9.17) is 21.6 Å². The van der Waals surface area contributed by atoms with Crippen LogP contribution in [0.25, 0.3) is 0 Å². The number of hydrogen-bond donors (Lipinski definition) is 2. The molecule has 5 aliphatic rings. The highest BCUT2D eigenvalue weighted by Gasteiger charge is 2.47. The number of hydrogen-bond acceptors (Lipinski definition) is 12. The second kappa shape index (κ2) is 15.7. The Kier molecular flexibility index (Phi) is 10.5. The van der Waals surface area contributed by atoms with Crippen molar-refractivity contribution in [2.75, 3.05) is 60.9 Å². The third-order valence-electron chi connectivity index (χ3n) is 11.7. The molecule has 4 fully saturated rings. The van der Waals surface area contributed by atoms with Crippen LogP contribution in [0.3, 0.4) is 0 Å². The number of aromatic nitrogens is 2. The highest BCUT2D eigenvalue weighted by atomic mass is 35.5. The van der Waals surface area contributed by atoms with Crippen molar-refractivity contribution < 1.29 is 33.1 Å². The van der Waals surface area contributed by atoms with E-state index >= 15 is 4.39 Å². The van der Waals surface area contributed by atoms with Crippen LogP contribution in [0.15, 0.2) is 48.5 Å². The van der Waals surface area contributed by atoms with Crippen LogP contribution in [-0.4, -0.2) is 113 Å². The topological polar surface area (TPSA) is 181 Å². The Labute approximate surface area is 333 Å². The number of nitriles is 1. The van der Waals surface area contributed by atoms with Crippen LogP contribution in [0.1, 0.15) is 71.2 Å². The number of carbonyl (C=O) groups is 5. The van der Waals surface area contributed by atoms with Gasteiger partial charge in [-0.2, -0.15) is 5.26 Å². The van der Waals surface area contributed by atoms with Gasteiger partial charge in [-0.25, -0.2) is 4.39 Å². The lowest BCUT2D eigenvalue weighted by Gasteiger charge is -2.39. The van der Waals surface area contributed by atoms with Gasteiger partial charge in [0.2, 0.25) is 11.8 Å². The van der Waals surface area contributed by atoms with Crippen LogP contribution < -0.4 is 25.2 Å². The van der Waals surface area contributed by atoms with Crippen molar-refractivity contribution in [2.24, 2.45) is 5.92 Å². The number of fused-ring (bicyclic) bond motifs is 1. The van der Waals surface area contributed by atoms with Crippen LogP contribution in [0.4, 0.5) is 21.7 Å². The van der Waals surface area contributed by atoms with Gasteiger partial charge < -0.3 is 19.9 Å². The number of rotatable bonds is 9. The Balaban J connectivity index is 0.772. The number of anilines is 3. The van der Waals surface area contributed by atoms with E-state index < -0.39 is 47.4 Å². The summed E-state index contributed by atoms with van der Waals surface area (Å²) in [5.41, 5.74) is -0.395. The molecule has 3 saturated heterocycles. The van der Waals surface area contributed by atoms with E-state index in [-0.39, 0.29) is 47.7 Å². The second-order valence-electron chi connectivity index (χ2n) is 15.3. The molecule has 8 rings (SSSR count). The first-order valence-corrected chi connectivity index (χ1v) is 19.6. The van der Waals surface area contributed by atoms with Crippen LogP contribution in [-0.2, 0) is 14.4 Å². The number of amides is 5.